The normalized spacial score (nSPS) is 20.5. The van der Waals surface area contributed by atoms with Gasteiger partial charge in [-0.05, 0) is 61.3 Å². The van der Waals surface area contributed by atoms with Crippen LogP contribution < -0.4 is 26.0 Å². The van der Waals surface area contributed by atoms with Crippen molar-refractivity contribution >= 4 is 34.5 Å². The van der Waals surface area contributed by atoms with Gasteiger partial charge in [0.25, 0.3) is 6.71 Å². The lowest BCUT2D eigenvalue weighted by atomic mass is 9.34. The molecule has 0 spiro atoms. The van der Waals surface area contributed by atoms with Crippen LogP contribution in [0.15, 0.2) is 66.5 Å². The van der Waals surface area contributed by atoms with Crippen molar-refractivity contribution in [2.24, 2.45) is 0 Å². The van der Waals surface area contributed by atoms with Crippen molar-refractivity contribution < 1.29 is 19.8 Å². The maximum atomic E-state index is 8.81. The van der Waals surface area contributed by atoms with Crippen LogP contribution in [-0.4, -0.2) is 12.3 Å². The Hall–Kier alpha value is -2.68. The van der Waals surface area contributed by atoms with Crippen molar-refractivity contribution in [2.75, 3.05) is 4.90 Å². The summed E-state index contributed by atoms with van der Waals surface area (Å²) in [5.41, 5.74) is -0.483. The van der Waals surface area contributed by atoms with E-state index in [0.717, 1.165) is 0 Å². The number of nitrogens with zero attached hydrogens (tertiary/aromatic N) is 1. The second-order valence-electron chi connectivity index (χ2n) is 7.01. The van der Waals surface area contributed by atoms with E-state index in [-0.39, 0.29) is 51.3 Å². The molecule has 0 aromatic heterocycles. The summed E-state index contributed by atoms with van der Waals surface area (Å²) in [4.78, 5) is 1.55. The zero-order chi connectivity index (χ0) is 26.8. The second-order valence-corrected chi connectivity index (χ2v) is 7.01. The molecule has 0 fully saturated rings. The van der Waals surface area contributed by atoms with Gasteiger partial charge in [-0.1, -0.05) is 42.3 Å². The number of fused-ring (bicyclic) bond motifs is 4. The molecule has 3 heteroatoms. The van der Waals surface area contributed by atoms with E-state index in [0.29, 0.717) is 0 Å². The van der Waals surface area contributed by atoms with Gasteiger partial charge in [0.1, 0.15) is 11.5 Å². The Bertz CT molecular complexity index is 1510. The minimum Gasteiger partial charge on any atom is -0.458 e. The Morgan fingerprint density at radius 3 is 2.24 bits per heavy atom. The third-order valence-corrected chi connectivity index (χ3v) is 4.42. The lowest BCUT2D eigenvalue weighted by molar-refractivity contribution is 0.486. The van der Waals surface area contributed by atoms with E-state index in [4.69, 9.17) is 19.8 Å². The van der Waals surface area contributed by atoms with Gasteiger partial charge in [0.15, 0.2) is 0 Å². The first-order chi connectivity index (χ1) is 16.6. The van der Waals surface area contributed by atoms with Crippen molar-refractivity contribution in [1.29, 1.82) is 0 Å². The lowest BCUT2D eigenvalue weighted by Gasteiger charge is -2.46. The van der Waals surface area contributed by atoms with Crippen LogP contribution in [-0.2, 0) is 0 Å². The van der Waals surface area contributed by atoms with Gasteiger partial charge in [-0.3, -0.25) is 0 Å². The van der Waals surface area contributed by atoms with Crippen molar-refractivity contribution in [3.63, 3.8) is 0 Å². The van der Waals surface area contributed by atoms with Gasteiger partial charge in [0, 0.05) is 16.9 Å². The first-order valence-corrected chi connectivity index (χ1v) is 7.95. The van der Waals surface area contributed by atoms with Crippen LogP contribution in [0.1, 0.15) is 35.8 Å². The van der Waals surface area contributed by atoms with Crippen LogP contribution in [0.3, 0.4) is 0 Å². The summed E-state index contributed by atoms with van der Waals surface area (Å²) in [5.74, 6) is -0.432. The topological polar surface area (TPSA) is 12.5 Å². The smallest absolute Gasteiger partial charge is 0.256 e. The van der Waals surface area contributed by atoms with E-state index in [1.165, 1.54) is 0 Å². The lowest BCUT2D eigenvalue weighted by Crippen LogP contribution is -2.62. The average Bonchev–Trinajstić information content (AvgIpc) is 2.82. The Balaban J connectivity index is 2.10. The van der Waals surface area contributed by atoms with Crippen LogP contribution >= 0.6 is 0 Å². The standard InChI is InChI=1S/C22H20BNO/c1-22(2,3)24-17-11-6-4-9-15(17)23-16-10-5-7-13-19(16)25-20-14-8-12-18(24)21(20)23/h4-14H,1-3H3/i4D,5D,6D,7D,8D,9D,10D,11D,12D,13D,14D. The highest BCUT2D eigenvalue weighted by molar-refractivity contribution is 6.99. The zero-order valence-corrected chi connectivity index (χ0v) is 13.9. The quantitative estimate of drug-likeness (QED) is 0.455. The SMILES string of the molecule is [2H]c1c([2H])c([2H])c2c(c1[2H])Oc1c([2H])c([2H])c([2H])c3c1B2c1c([2H])c([2H])c([2H])c([2H])c1N3C(C)(C)C. The highest BCUT2D eigenvalue weighted by Crippen LogP contribution is 2.39. The Morgan fingerprint density at radius 1 is 0.800 bits per heavy atom. The maximum Gasteiger partial charge on any atom is 0.256 e. The monoisotopic (exact) mass is 336 g/mol. The van der Waals surface area contributed by atoms with Gasteiger partial charge >= 0.3 is 0 Å². The molecule has 5 rings (SSSR count). The molecule has 122 valence electrons. The Kier molecular flexibility index (Phi) is 1.43. The van der Waals surface area contributed by atoms with Crippen LogP contribution in [0.4, 0.5) is 11.4 Å². The van der Waals surface area contributed by atoms with E-state index in [1.807, 2.05) is 0 Å². The fourth-order valence-corrected chi connectivity index (χ4v) is 3.53. The highest BCUT2D eigenvalue weighted by atomic mass is 16.5. The molecule has 0 radical (unpaired) electrons. The van der Waals surface area contributed by atoms with Gasteiger partial charge < -0.3 is 9.64 Å². The molecular formula is C22H20BNO. The molecule has 0 saturated carbocycles. The van der Waals surface area contributed by atoms with Crippen molar-refractivity contribution in [1.82, 2.24) is 0 Å². The van der Waals surface area contributed by atoms with E-state index in [2.05, 4.69) is 0 Å². The molecule has 0 amide bonds. The molecule has 0 unspecified atom stereocenters. The molecule has 2 aliphatic heterocycles. The number of rotatable bonds is 0. The summed E-state index contributed by atoms with van der Waals surface area (Å²) in [6, 6.07) is -5.06. The number of hydrogen-bond acceptors (Lipinski definition) is 2. The summed E-state index contributed by atoms with van der Waals surface area (Å²) < 4.78 is 99.3. The summed E-state index contributed by atoms with van der Waals surface area (Å²) in [6.45, 7) is 4.17. The molecule has 3 aromatic rings. The first-order valence-electron chi connectivity index (χ1n) is 13.4. The highest BCUT2D eigenvalue weighted by Gasteiger charge is 2.43. The van der Waals surface area contributed by atoms with Crippen molar-refractivity contribution in [2.45, 2.75) is 26.3 Å². The molecule has 2 nitrogen and oxygen atoms in total. The Labute approximate surface area is 164 Å². The summed E-state index contributed by atoms with van der Waals surface area (Å²) >= 11 is 0. The molecule has 0 aliphatic carbocycles. The van der Waals surface area contributed by atoms with Gasteiger partial charge in [-0.15, -0.1) is 0 Å². The third-order valence-electron chi connectivity index (χ3n) is 4.42. The van der Waals surface area contributed by atoms with Crippen LogP contribution in [0, 0.1) is 0 Å². The molecule has 0 N–H and O–H groups in total. The van der Waals surface area contributed by atoms with E-state index in [9.17, 15) is 0 Å². The first kappa shape index (κ1) is 7.29. The van der Waals surface area contributed by atoms with Crippen molar-refractivity contribution in [3.05, 3.63) is 66.5 Å². The molecule has 2 heterocycles. The molecule has 2 aliphatic rings. The predicted octanol–water partition coefficient (Wildman–Crippen LogP) is 3.56. The zero-order valence-electron chi connectivity index (χ0n) is 24.9. The van der Waals surface area contributed by atoms with Gasteiger partial charge in [0.2, 0.25) is 0 Å². The number of hydrogen-bond donors (Lipinski definition) is 0. The molecule has 0 atom stereocenters. The summed E-state index contributed by atoms with van der Waals surface area (Å²) in [5, 5.41) is 0. The average molecular weight is 336 g/mol. The minimum atomic E-state index is -1.18. The molecule has 0 bridgehead atoms. The number of benzene rings is 3. The molecule has 3 aromatic carbocycles. The van der Waals surface area contributed by atoms with Crippen molar-refractivity contribution in [3.8, 4) is 11.5 Å². The maximum absolute atomic E-state index is 8.81. The minimum absolute atomic E-state index is 0.0360. The van der Waals surface area contributed by atoms with E-state index >= 15 is 0 Å². The molecular weight excluding hydrogens is 305 g/mol. The number of para-hydroxylation sites is 2. The van der Waals surface area contributed by atoms with E-state index < -0.39 is 66.6 Å². The fraction of sp³-hybridized carbons (Fsp3) is 0.182. The van der Waals surface area contributed by atoms with Crippen LogP contribution in [0.2, 0.25) is 0 Å². The number of ether oxygens (including phenoxy) is 1. The predicted molar refractivity (Wildman–Crippen MR) is 106 cm³/mol. The summed E-state index contributed by atoms with van der Waals surface area (Å²) in [7, 11) is 0. The van der Waals surface area contributed by atoms with Crippen LogP contribution in [0.25, 0.3) is 0 Å². The fourth-order valence-electron chi connectivity index (χ4n) is 3.53. The largest absolute Gasteiger partial charge is 0.458 e. The van der Waals surface area contributed by atoms with Gasteiger partial charge in [-0.25, -0.2) is 0 Å². The number of anilines is 2. The van der Waals surface area contributed by atoms with E-state index in [1.54, 1.807) is 25.7 Å². The molecule has 25 heavy (non-hydrogen) atoms. The Morgan fingerprint density at radius 2 is 1.44 bits per heavy atom. The second kappa shape index (κ2) is 4.92. The van der Waals surface area contributed by atoms with Crippen LogP contribution in [0.5, 0.6) is 11.5 Å². The molecule has 0 saturated heterocycles. The third kappa shape index (κ3) is 1.99. The van der Waals surface area contributed by atoms with Gasteiger partial charge in [0.05, 0.1) is 15.1 Å². The van der Waals surface area contributed by atoms with Gasteiger partial charge in [-0.2, -0.15) is 0 Å². The summed E-state index contributed by atoms with van der Waals surface area (Å²) in [6.07, 6.45) is 0.